The number of nitrogens with zero attached hydrogens (tertiary/aromatic N) is 4. The molecule has 1 aliphatic carbocycles. The van der Waals surface area contributed by atoms with E-state index in [9.17, 15) is 45.8 Å². The van der Waals surface area contributed by atoms with E-state index in [0.717, 1.165) is 23.4 Å². The van der Waals surface area contributed by atoms with Gasteiger partial charge in [0.1, 0.15) is 29.0 Å². The number of carbonyl (C=O) groups excluding carboxylic acids is 2. The number of aliphatic imine (C=N–C) groups is 1. The molecule has 0 spiro atoms. The molecular weight excluding hydrogens is 770 g/mol. The second-order valence-electron chi connectivity index (χ2n) is 15.4. The number of aromatic nitrogens is 2. The summed E-state index contributed by atoms with van der Waals surface area (Å²) < 4.78 is 102. The molecule has 2 aromatic rings. The van der Waals surface area contributed by atoms with Crippen molar-refractivity contribution < 1.29 is 59.7 Å². The van der Waals surface area contributed by atoms with E-state index < -0.39 is 91.0 Å². The van der Waals surface area contributed by atoms with Crippen LogP contribution in [0.1, 0.15) is 50.2 Å². The first kappa shape index (κ1) is 42.8. The zero-order valence-corrected chi connectivity index (χ0v) is 32.2. The van der Waals surface area contributed by atoms with E-state index in [4.69, 9.17) is 9.73 Å². The molecule has 21 heteroatoms. The Kier molecular flexibility index (Phi) is 12.1. The molecule has 0 bridgehead atoms. The molecule has 3 N–H and O–H groups in total. The average molecular weight is 811 g/mol. The molecule has 0 radical (unpaired) electrons. The summed E-state index contributed by atoms with van der Waals surface area (Å²) in [6, 6.07) is 4.01. The van der Waals surface area contributed by atoms with Gasteiger partial charge >= 0.3 is 18.4 Å². The quantitative estimate of drug-likeness (QED) is 0.114. The fraction of sp³-hybridized carbons (Fsp3) is 0.576. The van der Waals surface area contributed by atoms with Crippen LogP contribution in [0.2, 0.25) is 25.7 Å². The first-order valence-corrected chi connectivity index (χ1v) is 21.1. The minimum atomic E-state index is -4.76. The molecule has 12 nitrogen and oxygen atoms in total. The van der Waals surface area contributed by atoms with Crippen molar-refractivity contribution in [1.82, 2.24) is 20.2 Å². The van der Waals surface area contributed by atoms with E-state index >= 15 is 4.39 Å². The lowest BCUT2D eigenvalue weighted by molar-refractivity contribution is -0.154. The second-order valence-corrected chi connectivity index (χ2v) is 22.4. The fourth-order valence-electron chi connectivity index (χ4n) is 5.77. The number of halogens is 7. The Morgan fingerprint density at radius 2 is 1.74 bits per heavy atom. The van der Waals surface area contributed by atoms with Gasteiger partial charge in [-0.05, 0) is 37.6 Å². The number of ether oxygens (including phenoxy) is 2. The van der Waals surface area contributed by atoms with Crippen molar-refractivity contribution >= 4 is 48.6 Å². The second kappa shape index (κ2) is 15.3. The molecule has 1 saturated carbocycles. The summed E-state index contributed by atoms with van der Waals surface area (Å²) in [7, 11) is -1.66. The van der Waals surface area contributed by atoms with Crippen molar-refractivity contribution in [3.8, 4) is 5.88 Å². The fourth-order valence-corrected chi connectivity index (χ4v) is 8.12. The van der Waals surface area contributed by atoms with Crippen molar-refractivity contribution in [3.63, 3.8) is 0 Å². The van der Waals surface area contributed by atoms with E-state index in [-0.39, 0.29) is 35.1 Å². The lowest BCUT2D eigenvalue weighted by Gasteiger charge is -2.42. The van der Waals surface area contributed by atoms with Gasteiger partial charge in [-0.15, -0.1) is 0 Å². The molecule has 1 fully saturated rings. The van der Waals surface area contributed by atoms with Gasteiger partial charge in [-0.2, -0.15) is 26.3 Å². The predicted molar refractivity (Wildman–Crippen MR) is 187 cm³/mol. The van der Waals surface area contributed by atoms with Crippen LogP contribution in [0, 0.1) is 17.2 Å². The number of amidine groups is 1. The third-order valence-electron chi connectivity index (χ3n) is 8.55. The number of alkyl halides is 6. The monoisotopic (exact) mass is 810 g/mol. The zero-order chi connectivity index (χ0) is 40.7. The summed E-state index contributed by atoms with van der Waals surface area (Å²) in [4.78, 5) is 52.6. The number of nitrogens with one attached hydrogen (secondary N) is 2. The third-order valence-corrected chi connectivity index (χ3v) is 11.7. The van der Waals surface area contributed by atoms with Gasteiger partial charge in [-0.1, -0.05) is 52.2 Å². The molecule has 2 heterocycles. The van der Waals surface area contributed by atoms with Gasteiger partial charge in [0.25, 0.3) is 5.91 Å². The summed E-state index contributed by atoms with van der Waals surface area (Å²) in [5.41, 5.74) is -3.25. The van der Waals surface area contributed by atoms with E-state index in [1.54, 1.807) is 20.8 Å². The minimum Gasteiger partial charge on any atom is -0.467 e. The van der Waals surface area contributed by atoms with Gasteiger partial charge in [0.15, 0.2) is 11.8 Å². The van der Waals surface area contributed by atoms with Crippen molar-refractivity contribution in [2.75, 3.05) is 25.1 Å². The van der Waals surface area contributed by atoms with Crippen LogP contribution in [0.15, 0.2) is 35.6 Å². The number of amides is 3. The van der Waals surface area contributed by atoms with Crippen LogP contribution in [0.5, 0.6) is 5.88 Å². The summed E-state index contributed by atoms with van der Waals surface area (Å²) in [6.45, 7) is 9.79. The van der Waals surface area contributed by atoms with E-state index in [2.05, 4.69) is 39.7 Å². The Morgan fingerprint density at radius 3 is 2.28 bits per heavy atom. The first-order valence-electron chi connectivity index (χ1n) is 16.6. The molecule has 4 atom stereocenters. The number of anilines is 1. The smallest absolute Gasteiger partial charge is 0.422 e. The van der Waals surface area contributed by atoms with Crippen LogP contribution < -0.4 is 15.4 Å². The normalized spacial score (nSPS) is 22.0. The van der Waals surface area contributed by atoms with Gasteiger partial charge < -0.3 is 25.2 Å². The molecule has 0 saturated heterocycles. The number of benzene rings is 1. The highest BCUT2D eigenvalue weighted by atomic mass is 32.2. The maximum atomic E-state index is 15.9. The summed E-state index contributed by atoms with van der Waals surface area (Å²) in [5.74, 6) is -4.25. The van der Waals surface area contributed by atoms with Gasteiger partial charge in [-0.3, -0.25) is 14.6 Å². The SMILES string of the molecule is CC(C)(C)C(OCC[Si](C)(C)C)N(C(=O)O)C1=N[C@](C)(c2cc(NC(=O)c3cnc(OCC(F)(F)F)cn3)ccc2F)[C@@H]2C[C@]2(C(=O)NCC(F)(F)F)S1. The van der Waals surface area contributed by atoms with Gasteiger partial charge in [0.2, 0.25) is 11.8 Å². The number of hydrogen-bond donors (Lipinski definition) is 3. The van der Waals surface area contributed by atoms with Crippen LogP contribution in [-0.4, -0.2) is 94.2 Å². The van der Waals surface area contributed by atoms with Crippen LogP contribution in [-0.2, 0) is 15.1 Å². The number of carboxylic acid groups (broad SMARTS) is 1. The van der Waals surface area contributed by atoms with E-state index in [1.807, 2.05) is 5.32 Å². The molecule has 4 rings (SSSR count). The highest BCUT2D eigenvalue weighted by Gasteiger charge is 2.71. The lowest BCUT2D eigenvalue weighted by Crippen LogP contribution is -2.54. The number of fused-ring (bicyclic) bond motifs is 1. The van der Waals surface area contributed by atoms with Gasteiger partial charge in [0, 0.05) is 37.3 Å². The highest BCUT2D eigenvalue weighted by molar-refractivity contribution is 8.16. The Bertz CT molecular complexity index is 1770. The largest absolute Gasteiger partial charge is 0.467 e. The summed E-state index contributed by atoms with van der Waals surface area (Å²) >= 11 is 0.672. The Hall–Kier alpha value is -3.98. The van der Waals surface area contributed by atoms with Crippen molar-refractivity contribution in [2.45, 2.75) is 88.7 Å². The lowest BCUT2D eigenvalue weighted by atomic mass is 9.85. The number of hydrogen-bond acceptors (Lipinski definition) is 9. The van der Waals surface area contributed by atoms with Crippen LogP contribution in [0.4, 0.5) is 41.2 Å². The molecule has 1 aromatic carbocycles. The number of rotatable bonds is 12. The van der Waals surface area contributed by atoms with Crippen LogP contribution in [0.3, 0.4) is 0 Å². The highest BCUT2D eigenvalue weighted by Crippen LogP contribution is 2.67. The molecule has 1 aliphatic heterocycles. The molecule has 298 valence electrons. The van der Waals surface area contributed by atoms with Gasteiger partial charge in [-0.25, -0.2) is 24.1 Å². The Labute approximate surface area is 311 Å². The third kappa shape index (κ3) is 10.4. The molecule has 1 aromatic heterocycles. The number of carbonyl (C=O) groups is 3. The Morgan fingerprint density at radius 1 is 1.07 bits per heavy atom. The van der Waals surface area contributed by atoms with Crippen molar-refractivity contribution in [2.24, 2.45) is 16.3 Å². The average Bonchev–Trinajstić information content (AvgIpc) is 3.78. The molecule has 54 heavy (non-hydrogen) atoms. The van der Waals surface area contributed by atoms with Crippen LogP contribution >= 0.6 is 11.8 Å². The van der Waals surface area contributed by atoms with Crippen molar-refractivity contribution in [3.05, 3.63) is 47.7 Å². The molecule has 1 unspecified atom stereocenters. The maximum absolute atomic E-state index is 15.9. The minimum absolute atomic E-state index is 0.0306. The molecule has 2 aliphatic rings. The number of thioether (sulfide) groups is 1. The van der Waals surface area contributed by atoms with Gasteiger partial charge in [0.05, 0.1) is 17.9 Å². The molecular formula is C33H41F7N6O6SSi. The first-order chi connectivity index (χ1) is 24.7. The van der Waals surface area contributed by atoms with Crippen molar-refractivity contribution in [1.29, 1.82) is 0 Å². The van der Waals surface area contributed by atoms with E-state index in [0.29, 0.717) is 17.8 Å². The standard InChI is InChI=1S/C33H41F7N6O6SSi/c1-29(2,3)26(51-10-11-54(5,6)7)46(28(49)50)27-45-30(4,22-13-31(22,53-27)25(48)43-16-32(35,36)37)19-12-18(8-9-20(19)34)44-24(47)21-14-42-23(15-41-21)52-17-33(38,39)40/h8-9,12,14-15,22,26H,10-11,13,16-17H2,1-7H3,(H,43,48)(H,44,47)(H,49,50)/t22-,26?,30+,31-/m0/s1. The summed E-state index contributed by atoms with van der Waals surface area (Å²) in [5, 5.41) is 14.7. The summed E-state index contributed by atoms with van der Waals surface area (Å²) in [6.07, 6.45) is -10.6. The molecule has 3 amide bonds. The topological polar surface area (TPSA) is 155 Å². The zero-order valence-electron chi connectivity index (χ0n) is 30.4. The van der Waals surface area contributed by atoms with Crippen LogP contribution in [0.25, 0.3) is 0 Å². The van der Waals surface area contributed by atoms with E-state index in [1.165, 1.54) is 19.1 Å². The maximum Gasteiger partial charge on any atom is 0.422 e. The predicted octanol–water partition coefficient (Wildman–Crippen LogP) is 7.27. The Balaban J connectivity index is 1.75.